The van der Waals surface area contributed by atoms with Crippen LogP contribution in [0.25, 0.3) is 0 Å². The Morgan fingerprint density at radius 1 is 1.19 bits per heavy atom. The highest BCUT2D eigenvalue weighted by Crippen LogP contribution is 2.47. The number of fused-ring (bicyclic) bond motifs is 1. The Morgan fingerprint density at radius 3 is 2.62 bits per heavy atom. The maximum Gasteiger partial charge on any atom is 0.0236 e. The highest BCUT2D eigenvalue weighted by Gasteiger charge is 2.42. The van der Waals surface area contributed by atoms with Gasteiger partial charge in [0.25, 0.3) is 0 Å². The molecule has 1 saturated carbocycles. The van der Waals surface area contributed by atoms with Crippen LogP contribution in [0.4, 0.5) is 0 Å². The first kappa shape index (κ1) is 10.7. The van der Waals surface area contributed by atoms with Crippen molar-refractivity contribution in [1.82, 2.24) is 4.90 Å². The summed E-state index contributed by atoms with van der Waals surface area (Å²) >= 11 is 4.49. The van der Waals surface area contributed by atoms with Crippen LogP contribution >= 0.6 is 12.6 Å². The third-order valence-corrected chi connectivity index (χ3v) is 4.73. The quantitative estimate of drug-likeness (QED) is 0.786. The molecule has 0 bridgehead atoms. The first-order valence-electron chi connectivity index (χ1n) is 6.21. The minimum absolute atomic E-state index is 0.565. The summed E-state index contributed by atoms with van der Waals surface area (Å²) in [6, 6.07) is 8.87. The van der Waals surface area contributed by atoms with Gasteiger partial charge in [0.15, 0.2) is 0 Å². The summed E-state index contributed by atoms with van der Waals surface area (Å²) in [6.45, 7) is 3.63. The van der Waals surface area contributed by atoms with Crippen molar-refractivity contribution in [3.8, 4) is 0 Å². The average Bonchev–Trinajstić information content (AvgIpc) is 3.09. The molecule has 2 heteroatoms. The van der Waals surface area contributed by atoms with E-state index in [-0.39, 0.29) is 0 Å². The summed E-state index contributed by atoms with van der Waals surface area (Å²) in [6.07, 6.45) is 3.99. The maximum atomic E-state index is 4.49. The van der Waals surface area contributed by atoms with Gasteiger partial charge in [-0.1, -0.05) is 24.3 Å². The van der Waals surface area contributed by atoms with Gasteiger partial charge < -0.3 is 0 Å². The van der Waals surface area contributed by atoms with E-state index in [1.54, 1.807) is 5.56 Å². The Balaban J connectivity index is 1.69. The Labute approximate surface area is 103 Å². The number of rotatable bonds is 3. The highest BCUT2D eigenvalue weighted by atomic mass is 32.1. The van der Waals surface area contributed by atoms with Gasteiger partial charge in [0.1, 0.15) is 0 Å². The van der Waals surface area contributed by atoms with Crippen molar-refractivity contribution in [2.45, 2.75) is 25.8 Å². The average molecular weight is 233 g/mol. The lowest BCUT2D eigenvalue weighted by Crippen LogP contribution is -2.35. The number of benzene rings is 1. The second kappa shape index (κ2) is 4.08. The number of nitrogens with zero attached hydrogens (tertiary/aromatic N) is 1. The molecule has 0 radical (unpaired) electrons. The summed E-state index contributed by atoms with van der Waals surface area (Å²) in [7, 11) is 0. The van der Waals surface area contributed by atoms with E-state index in [1.165, 1.54) is 37.9 Å². The van der Waals surface area contributed by atoms with Crippen LogP contribution in [-0.2, 0) is 13.0 Å². The van der Waals surface area contributed by atoms with E-state index in [9.17, 15) is 0 Å². The third-order valence-electron chi connectivity index (χ3n) is 4.06. The largest absolute Gasteiger partial charge is 0.298 e. The Kier molecular flexibility index (Phi) is 2.72. The van der Waals surface area contributed by atoms with Crippen LogP contribution in [0.5, 0.6) is 0 Å². The van der Waals surface area contributed by atoms with Crippen molar-refractivity contribution in [2.75, 3.05) is 18.8 Å². The molecule has 0 N–H and O–H groups in total. The summed E-state index contributed by atoms with van der Waals surface area (Å²) in [5, 5.41) is 0. The number of thiol groups is 1. The van der Waals surface area contributed by atoms with E-state index in [4.69, 9.17) is 0 Å². The molecule has 1 nitrogen and oxygen atoms in total. The minimum atomic E-state index is 0.565. The number of hydrogen-bond acceptors (Lipinski definition) is 2. The second-order valence-electron chi connectivity index (χ2n) is 5.39. The van der Waals surface area contributed by atoms with Gasteiger partial charge in [-0.25, -0.2) is 0 Å². The molecule has 16 heavy (non-hydrogen) atoms. The van der Waals surface area contributed by atoms with Gasteiger partial charge in [0.2, 0.25) is 0 Å². The van der Waals surface area contributed by atoms with Crippen LogP contribution in [0, 0.1) is 5.41 Å². The van der Waals surface area contributed by atoms with Crippen molar-refractivity contribution in [2.24, 2.45) is 5.41 Å². The van der Waals surface area contributed by atoms with E-state index in [0.717, 1.165) is 12.3 Å². The van der Waals surface area contributed by atoms with Crippen LogP contribution in [0.1, 0.15) is 24.0 Å². The van der Waals surface area contributed by atoms with E-state index < -0.39 is 0 Å². The molecule has 1 aliphatic heterocycles. The van der Waals surface area contributed by atoms with Gasteiger partial charge in [-0.15, -0.1) is 0 Å². The normalized spacial score (nSPS) is 22.8. The molecule has 0 spiro atoms. The van der Waals surface area contributed by atoms with Gasteiger partial charge in [-0.05, 0) is 41.6 Å². The maximum absolute atomic E-state index is 4.49. The van der Waals surface area contributed by atoms with Crippen molar-refractivity contribution in [1.29, 1.82) is 0 Å². The van der Waals surface area contributed by atoms with Crippen molar-refractivity contribution >= 4 is 12.6 Å². The molecule has 0 saturated heterocycles. The van der Waals surface area contributed by atoms with Gasteiger partial charge in [-0.2, -0.15) is 12.6 Å². The van der Waals surface area contributed by atoms with Crippen molar-refractivity contribution in [3.05, 3.63) is 35.4 Å². The van der Waals surface area contributed by atoms with E-state index in [1.807, 2.05) is 0 Å². The zero-order valence-corrected chi connectivity index (χ0v) is 10.5. The molecule has 3 rings (SSSR count). The fourth-order valence-electron chi connectivity index (χ4n) is 2.71. The molecule has 1 fully saturated rings. The van der Waals surface area contributed by atoms with Gasteiger partial charge in [-0.3, -0.25) is 4.90 Å². The molecule has 1 aliphatic carbocycles. The third kappa shape index (κ3) is 2.01. The zero-order valence-electron chi connectivity index (χ0n) is 9.65. The monoisotopic (exact) mass is 233 g/mol. The molecular weight excluding hydrogens is 214 g/mol. The molecule has 0 unspecified atom stereocenters. The fraction of sp³-hybridized carbons (Fsp3) is 0.571. The predicted octanol–water partition coefficient (Wildman–Crippen LogP) is 2.75. The summed E-state index contributed by atoms with van der Waals surface area (Å²) in [4.78, 5) is 2.62. The summed E-state index contributed by atoms with van der Waals surface area (Å²) in [5.74, 6) is 1.06. The minimum Gasteiger partial charge on any atom is -0.298 e. The van der Waals surface area contributed by atoms with Crippen molar-refractivity contribution < 1.29 is 0 Å². The molecule has 1 aromatic rings. The van der Waals surface area contributed by atoms with Crippen LogP contribution in [0.2, 0.25) is 0 Å². The smallest absolute Gasteiger partial charge is 0.0236 e. The molecule has 1 heterocycles. The Morgan fingerprint density at radius 2 is 1.94 bits per heavy atom. The van der Waals surface area contributed by atoms with Gasteiger partial charge >= 0.3 is 0 Å². The Bertz CT molecular complexity index is 384. The van der Waals surface area contributed by atoms with E-state index >= 15 is 0 Å². The standard InChI is InChI=1S/C14H19NS/c16-11-14(6-7-14)10-15-8-5-12-3-1-2-4-13(12)9-15/h1-4,16H,5-11H2. The van der Waals surface area contributed by atoms with Crippen LogP contribution < -0.4 is 0 Å². The van der Waals surface area contributed by atoms with E-state index in [2.05, 4.69) is 41.8 Å². The fourth-order valence-corrected chi connectivity index (χ4v) is 3.12. The van der Waals surface area contributed by atoms with Crippen LogP contribution in [0.3, 0.4) is 0 Å². The van der Waals surface area contributed by atoms with Crippen LogP contribution in [0.15, 0.2) is 24.3 Å². The molecule has 0 atom stereocenters. The predicted molar refractivity (Wildman–Crippen MR) is 70.9 cm³/mol. The summed E-state index contributed by atoms with van der Waals surface area (Å²) in [5.41, 5.74) is 3.65. The van der Waals surface area contributed by atoms with Gasteiger partial charge in [0, 0.05) is 19.6 Å². The molecule has 0 amide bonds. The Hall–Kier alpha value is -0.470. The highest BCUT2D eigenvalue weighted by molar-refractivity contribution is 7.80. The molecule has 86 valence electrons. The first-order valence-corrected chi connectivity index (χ1v) is 6.85. The van der Waals surface area contributed by atoms with Gasteiger partial charge in [0.05, 0.1) is 0 Å². The summed E-state index contributed by atoms with van der Waals surface area (Å²) < 4.78 is 0. The molecule has 1 aromatic carbocycles. The lowest BCUT2D eigenvalue weighted by Gasteiger charge is -2.31. The first-order chi connectivity index (χ1) is 7.81. The second-order valence-corrected chi connectivity index (χ2v) is 5.70. The van der Waals surface area contributed by atoms with E-state index in [0.29, 0.717) is 5.41 Å². The molecule has 0 aromatic heterocycles. The lowest BCUT2D eigenvalue weighted by atomic mass is 9.98. The SMILES string of the molecule is SCC1(CN2CCc3ccccc3C2)CC1. The number of hydrogen-bond donors (Lipinski definition) is 1. The van der Waals surface area contributed by atoms with Crippen LogP contribution in [-0.4, -0.2) is 23.7 Å². The molecule has 2 aliphatic rings. The lowest BCUT2D eigenvalue weighted by molar-refractivity contribution is 0.213. The molecular formula is C14H19NS. The zero-order chi connectivity index (χ0) is 11.0. The van der Waals surface area contributed by atoms with Crippen molar-refractivity contribution in [3.63, 3.8) is 0 Å². The topological polar surface area (TPSA) is 3.24 Å².